The zero-order chi connectivity index (χ0) is 21.6. The number of nitrogens with one attached hydrogen (secondary N) is 2. The molecule has 0 unspecified atom stereocenters. The van der Waals surface area contributed by atoms with Gasteiger partial charge in [-0.15, -0.1) is 0 Å². The molecule has 1 heterocycles. The summed E-state index contributed by atoms with van der Waals surface area (Å²) in [5.74, 6) is 0.0857. The fourth-order valence-electron chi connectivity index (χ4n) is 2.96. The summed E-state index contributed by atoms with van der Waals surface area (Å²) in [5.41, 5.74) is 4.73. The Hall–Kier alpha value is -2.35. The van der Waals surface area contributed by atoms with Gasteiger partial charge in [0.25, 0.3) is 0 Å². The number of hydrogen-bond acceptors (Lipinski definition) is 5. The highest BCUT2D eigenvalue weighted by atomic mass is 16.4. The molecule has 0 aromatic carbocycles. The third-order valence-electron chi connectivity index (χ3n) is 4.61. The first-order valence-corrected chi connectivity index (χ1v) is 10.6. The zero-order valence-corrected chi connectivity index (χ0v) is 18.3. The molecular weight excluding hydrogens is 372 g/mol. The average Bonchev–Trinajstić information content (AvgIpc) is 3.18. The fraction of sp³-hybridized carbons (Fsp3) is 0.667. The van der Waals surface area contributed by atoms with Crippen molar-refractivity contribution in [1.82, 2.24) is 20.7 Å². The lowest BCUT2D eigenvalue weighted by molar-refractivity contribution is -0.131. The van der Waals surface area contributed by atoms with Crippen LogP contribution in [-0.2, 0) is 16.1 Å². The number of rotatable bonds is 13. The molecule has 0 radical (unpaired) electrons. The topological polar surface area (TPSA) is 94.9 Å². The Morgan fingerprint density at radius 3 is 2.17 bits per heavy atom. The summed E-state index contributed by atoms with van der Waals surface area (Å²) in [6, 6.07) is 3.36. The molecule has 8 heteroatoms. The van der Waals surface area contributed by atoms with Gasteiger partial charge in [-0.2, -0.15) is 0 Å². The number of amides is 3. The third-order valence-corrected chi connectivity index (χ3v) is 4.61. The Bertz CT molecular complexity index is 634. The maximum atomic E-state index is 12.2. The van der Waals surface area contributed by atoms with E-state index in [0.29, 0.717) is 25.1 Å². The van der Waals surface area contributed by atoms with Crippen molar-refractivity contribution in [2.75, 3.05) is 26.2 Å². The van der Waals surface area contributed by atoms with Gasteiger partial charge >= 0.3 is 5.91 Å². The molecule has 1 aromatic heterocycles. The molecule has 0 atom stereocenters. The minimum Gasteiger partial charge on any atom is -0.454 e. The zero-order valence-electron chi connectivity index (χ0n) is 18.3. The summed E-state index contributed by atoms with van der Waals surface area (Å²) in [6.45, 7) is 12.1. The van der Waals surface area contributed by atoms with Gasteiger partial charge in [-0.05, 0) is 44.5 Å². The summed E-state index contributed by atoms with van der Waals surface area (Å²) >= 11 is 0. The van der Waals surface area contributed by atoms with E-state index in [4.69, 9.17) is 4.42 Å². The number of furan rings is 1. The lowest BCUT2D eigenvalue weighted by Gasteiger charge is -2.21. The van der Waals surface area contributed by atoms with E-state index < -0.39 is 5.91 Å². The number of carbonyl (C=O) groups is 3. The lowest BCUT2D eigenvalue weighted by Crippen LogP contribution is -2.41. The lowest BCUT2D eigenvalue weighted by atomic mass is 10.2. The van der Waals surface area contributed by atoms with Crippen LogP contribution in [0.5, 0.6) is 0 Å². The van der Waals surface area contributed by atoms with Gasteiger partial charge in [0.05, 0.1) is 6.54 Å². The third kappa shape index (κ3) is 9.13. The molecule has 0 bridgehead atoms. The number of nitrogens with zero attached hydrogens (tertiary/aromatic N) is 2. The van der Waals surface area contributed by atoms with Gasteiger partial charge in [-0.25, -0.2) is 0 Å². The van der Waals surface area contributed by atoms with Gasteiger partial charge in [0.15, 0.2) is 5.76 Å². The van der Waals surface area contributed by atoms with Crippen molar-refractivity contribution in [2.45, 2.75) is 66.3 Å². The van der Waals surface area contributed by atoms with Crippen LogP contribution in [0.4, 0.5) is 0 Å². The molecule has 0 saturated heterocycles. The molecule has 0 fully saturated rings. The number of hydrazine groups is 1. The monoisotopic (exact) mass is 408 g/mol. The van der Waals surface area contributed by atoms with Crippen LogP contribution in [0.2, 0.25) is 0 Å². The van der Waals surface area contributed by atoms with E-state index in [0.717, 1.165) is 39.0 Å². The van der Waals surface area contributed by atoms with Crippen LogP contribution in [0.25, 0.3) is 0 Å². The van der Waals surface area contributed by atoms with E-state index in [2.05, 4.69) is 29.6 Å². The van der Waals surface area contributed by atoms with Crippen LogP contribution in [0.1, 0.15) is 76.1 Å². The highest BCUT2D eigenvalue weighted by Gasteiger charge is 2.15. The van der Waals surface area contributed by atoms with Crippen LogP contribution in [0, 0.1) is 0 Å². The smallest absolute Gasteiger partial charge is 0.305 e. The summed E-state index contributed by atoms with van der Waals surface area (Å²) < 4.78 is 5.54. The van der Waals surface area contributed by atoms with Crippen molar-refractivity contribution in [3.05, 3.63) is 23.7 Å². The summed E-state index contributed by atoms with van der Waals surface area (Å²) in [6.07, 6.45) is 2.78. The first-order valence-electron chi connectivity index (χ1n) is 10.6. The molecule has 1 aromatic rings. The largest absolute Gasteiger partial charge is 0.454 e. The van der Waals surface area contributed by atoms with Crippen molar-refractivity contribution in [1.29, 1.82) is 0 Å². The highest BCUT2D eigenvalue weighted by molar-refractivity contribution is 5.93. The Morgan fingerprint density at radius 2 is 1.59 bits per heavy atom. The quantitative estimate of drug-likeness (QED) is 0.489. The SMILES string of the molecule is CCCN(CCC)C(=O)CCCC(=O)NNC(=O)c1ccc(CN(CC)CC)o1. The molecule has 0 saturated carbocycles. The van der Waals surface area contributed by atoms with E-state index in [1.807, 2.05) is 18.7 Å². The van der Waals surface area contributed by atoms with Crippen LogP contribution in [-0.4, -0.2) is 53.7 Å². The van der Waals surface area contributed by atoms with Crippen LogP contribution < -0.4 is 10.9 Å². The predicted octanol–water partition coefficient (Wildman–Crippen LogP) is 2.70. The Labute approximate surface area is 174 Å². The Balaban J connectivity index is 2.34. The van der Waals surface area contributed by atoms with Crippen LogP contribution >= 0.6 is 0 Å². The Kier molecular flexibility index (Phi) is 11.7. The molecule has 2 N–H and O–H groups in total. The highest BCUT2D eigenvalue weighted by Crippen LogP contribution is 2.10. The van der Waals surface area contributed by atoms with Crippen molar-refractivity contribution in [3.8, 4) is 0 Å². The molecule has 164 valence electrons. The minimum atomic E-state index is -0.503. The van der Waals surface area contributed by atoms with Crippen molar-refractivity contribution in [3.63, 3.8) is 0 Å². The molecular formula is C21H36N4O4. The molecule has 0 spiro atoms. The predicted molar refractivity (Wildman–Crippen MR) is 112 cm³/mol. The van der Waals surface area contributed by atoms with E-state index >= 15 is 0 Å². The van der Waals surface area contributed by atoms with E-state index in [1.54, 1.807) is 12.1 Å². The standard InChI is InChI=1S/C21H36N4O4/c1-5-14-25(15-6-2)20(27)11-9-10-19(26)22-23-21(28)18-13-12-17(29-18)16-24(7-3)8-4/h12-13H,5-11,14-16H2,1-4H3,(H,22,26)(H,23,28). The number of carbonyl (C=O) groups excluding carboxylic acids is 3. The van der Waals surface area contributed by atoms with Gasteiger partial charge in [-0.3, -0.25) is 30.1 Å². The van der Waals surface area contributed by atoms with E-state index in [9.17, 15) is 14.4 Å². The summed E-state index contributed by atoms with van der Waals surface area (Å²) in [5, 5.41) is 0. The van der Waals surface area contributed by atoms with E-state index in [-0.39, 0.29) is 24.0 Å². The van der Waals surface area contributed by atoms with Crippen LogP contribution in [0.3, 0.4) is 0 Å². The van der Waals surface area contributed by atoms with Gasteiger partial charge in [0.2, 0.25) is 11.8 Å². The van der Waals surface area contributed by atoms with Crippen molar-refractivity contribution < 1.29 is 18.8 Å². The summed E-state index contributed by atoms with van der Waals surface area (Å²) in [4.78, 5) is 40.2. The fourth-order valence-corrected chi connectivity index (χ4v) is 2.96. The summed E-state index contributed by atoms with van der Waals surface area (Å²) in [7, 11) is 0. The molecule has 0 aliphatic heterocycles. The normalized spacial score (nSPS) is 10.8. The molecule has 0 aliphatic carbocycles. The maximum absolute atomic E-state index is 12.2. The van der Waals surface area contributed by atoms with Gasteiger partial charge in [-0.1, -0.05) is 27.7 Å². The first kappa shape index (κ1) is 24.7. The van der Waals surface area contributed by atoms with Crippen molar-refractivity contribution >= 4 is 17.7 Å². The van der Waals surface area contributed by atoms with Gasteiger partial charge < -0.3 is 9.32 Å². The molecule has 3 amide bonds. The molecule has 1 rings (SSSR count). The second-order valence-corrected chi connectivity index (χ2v) is 6.96. The molecule has 29 heavy (non-hydrogen) atoms. The second-order valence-electron chi connectivity index (χ2n) is 6.96. The average molecular weight is 409 g/mol. The number of hydrogen-bond donors (Lipinski definition) is 2. The molecule has 0 aliphatic rings. The maximum Gasteiger partial charge on any atom is 0.305 e. The van der Waals surface area contributed by atoms with Gasteiger partial charge in [0.1, 0.15) is 5.76 Å². The molecule has 8 nitrogen and oxygen atoms in total. The first-order chi connectivity index (χ1) is 13.9. The second kappa shape index (κ2) is 13.8. The van der Waals surface area contributed by atoms with Gasteiger partial charge in [0, 0.05) is 25.9 Å². The van der Waals surface area contributed by atoms with E-state index in [1.165, 1.54) is 0 Å². The Morgan fingerprint density at radius 1 is 0.931 bits per heavy atom. The minimum absolute atomic E-state index is 0.0712. The van der Waals surface area contributed by atoms with Crippen LogP contribution in [0.15, 0.2) is 16.5 Å². The van der Waals surface area contributed by atoms with Crippen molar-refractivity contribution in [2.24, 2.45) is 0 Å².